The molecule has 1 aromatic carbocycles. The molecule has 1 amide bonds. The number of nitrogens with zero attached hydrogens (tertiary/aromatic N) is 1. The molecule has 0 heterocycles. The summed E-state index contributed by atoms with van der Waals surface area (Å²) in [6, 6.07) is 9.82. The third-order valence-electron chi connectivity index (χ3n) is 3.33. The van der Waals surface area contributed by atoms with Crippen LogP contribution < -0.4 is 16.0 Å². The number of amides is 1. The normalized spacial score (nSPS) is 12.5. The average Bonchev–Trinajstić information content (AvgIpc) is 2.59. The Labute approximate surface area is 188 Å². The van der Waals surface area contributed by atoms with Gasteiger partial charge in [-0.15, -0.1) is 24.0 Å². The number of guanidine groups is 1. The van der Waals surface area contributed by atoms with Crippen molar-refractivity contribution in [2.75, 3.05) is 32.4 Å². The first-order valence-corrected chi connectivity index (χ1v) is 10.6. The standard InChI is InChI=1S/C19H32N4O3S.HI/c1-19(2,3)26-18(24)23-12-8-11-21-17(20-4)22-13-14-27(25)15-16-9-6-5-7-10-16;/h5-7,9-10H,8,11-15H2,1-4H3,(H,23,24)(H2,20,21,22);1H. The van der Waals surface area contributed by atoms with Gasteiger partial charge in [0.1, 0.15) is 5.60 Å². The van der Waals surface area contributed by atoms with Crippen LogP contribution in [0.4, 0.5) is 4.79 Å². The van der Waals surface area contributed by atoms with Crippen LogP contribution in [0, 0.1) is 0 Å². The van der Waals surface area contributed by atoms with E-state index in [1.807, 2.05) is 51.1 Å². The SMILES string of the molecule is CN=C(NCCCNC(=O)OC(C)(C)C)NCCS(=O)Cc1ccccc1.I. The summed E-state index contributed by atoms with van der Waals surface area (Å²) in [6.07, 6.45) is 0.325. The molecule has 0 aliphatic heterocycles. The molecule has 3 N–H and O–H groups in total. The van der Waals surface area contributed by atoms with Gasteiger partial charge in [-0.25, -0.2) is 4.79 Å². The molecule has 1 aromatic rings. The monoisotopic (exact) mass is 524 g/mol. The molecule has 28 heavy (non-hydrogen) atoms. The predicted molar refractivity (Wildman–Crippen MR) is 127 cm³/mol. The molecule has 0 aliphatic carbocycles. The Morgan fingerprint density at radius 1 is 1.07 bits per heavy atom. The van der Waals surface area contributed by atoms with E-state index < -0.39 is 22.5 Å². The Balaban J connectivity index is 0.00000729. The van der Waals surface area contributed by atoms with E-state index in [9.17, 15) is 9.00 Å². The Kier molecular flexibility index (Phi) is 13.9. The van der Waals surface area contributed by atoms with Crippen molar-refractivity contribution in [1.29, 1.82) is 0 Å². The van der Waals surface area contributed by atoms with E-state index >= 15 is 0 Å². The van der Waals surface area contributed by atoms with Crippen molar-refractivity contribution in [1.82, 2.24) is 16.0 Å². The highest BCUT2D eigenvalue weighted by atomic mass is 127. The van der Waals surface area contributed by atoms with Gasteiger partial charge in [0.15, 0.2) is 5.96 Å². The van der Waals surface area contributed by atoms with Crippen molar-refractivity contribution in [2.24, 2.45) is 4.99 Å². The minimum absolute atomic E-state index is 0. The minimum Gasteiger partial charge on any atom is -0.444 e. The van der Waals surface area contributed by atoms with Gasteiger partial charge in [0.05, 0.1) is 0 Å². The largest absolute Gasteiger partial charge is 0.444 e. The van der Waals surface area contributed by atoms with Crippen molar-refractivity contribution in [2.45, 2.75) is 38.5 Å². The Morgan fingerprint density at radius 3 is 2.29 bits per heavy atom. The van der Waals surface area contributed by atoms with E-state index in [-0.39, 0.29) is 24.0 Å². The van der Waals surface area contributed by atoms with E-state index in [1.54, 1.807) is 7.05 Å². The lowest BCUT2D eigenvalue weighted by atomic mass is 10.2. The van der Waals surface area contributed by atoms with Crippen LogP contribution in [-0.4, -0.2) is 54.3 Å². The fourth-order valence-corrected chi connectivity index (χ4v) is 3.17. The van der Waals surface area contributed by atoms with Crippen LogP contribution in [0.1, 0.15) is 32.8 Å². The maximum atomic E-state index is 12.1. The van der Waals surface area contributed by atoms with E-state index in [0.717, 1.165) is 12.0 Å². The number of rotatable bonds is 9. The first-order chi connectivity index (χ1) is 12.8. The maximum Gasteiger partial charge on any atom is 0.407 e. The molecule has 0 bridgehead atoms. The van der Waals surface area contributed by atoms with Crippen molar-refractivity contribution in [3.8, 4) is 0 Å². The van der Waals surface area contributed by atoms with Crippen LogP contribution in [0.15, 0.2) is 35.3 Å². The quantitative estimate of drug-likeness (QED) is 0.200. The van der Waals surface area contributed by atoms with Crippen molar-refractivity contribution in [3.63, 3.8) is 0 Å². The lowest BCUT2D eigenvalue weighted by Gasteiger charge is -2.19. The van der Waals surface area contributed by atoms with Crippen molar-refractivity contribution >= 4 is 46.8 Å². The minimum atomic E-state index is -0.919. The molecule has 0 saturated heterocycles. The smallest absolute Gasteiger partial charge is 0.407 e. The molecular formula is C19H33IN4O3S. The number of hydrogen-bond donors (Lipinski definition) is 3. The summed E-state index contributed by atoms with van der Waals surface area (Å²) in [6.45, 7) is 7.24. The number of aliphatic imine (C=N–C) groups is 1. The summed E-state index contributed by atoms with van der Waals surface area (Å²) in [7, 11) is 0.771. The fraction of sp³-hybridized carbons (Fsp3) is 0.579. The van der Waals surface area contributed by atoms with E-state index in [2.05, 4.69) is 20.9 Å². The second kappa shape index (κ2) is 14.6. The van der Waals surface area contributed by atoms with Crippen LogP contribution in [0.25, 0.3) is 0 Å². The van der Waals surface area contributed by atoms with Gasteiger partial charge in [-0.05, 0) is 32.8 Å². The van der Waals surface area contributed by atoms with E-state index in [0.29, 0.717) is 37.1 Å². The van der Waals surface area contributed by atoms with Crippen LogP contribution in [0.3, 0.4) is 0 Å². The molecule has 0 spiro atoms. The van der Waals surface area contributed by atoms with Gasteiger partial charge in [0.25, 0.3) is 0 Å². The Bertz CT molecular complexity index is 621. The molecule has 1 unspecified atom stereocenters. The first kappa shape index (κ1) is 26.6. The third kappa shape index (κ3) is 13.8. The highest BCUT2D eigenvalue weighted by Gasteiger charge is 2.15. The zero-order valence-corrected chi connectivity index (χ0v) is 20.3. The van der Waals surface area contributed by atoms with Gasteiger partial charge < -0.3 is 20.7 Å². The second-order valence-corrected chi connectivity index (χ2v) is 8.56. The highest BCUT2D eigenvalue weighted by Crippen LogP contribution is 2.06. The number of carbonyl (C=O) groups excluding carboxylic acids is 1. The molecule has 7 nitrogen and oxygen atoms in total. The molecule has 1 atom stereocenters. The zero-order valence-electron chi connectivity index (χ0n) is 17.1. The number of halogens is 1. The number of nitrogens with one attached hydrogen (secondary N) is 3. The fourth-order valence-electron chi connectivity index (χ4n) is 2.14. The molecule has 0 aliphatic rings. The van der Waals surface area contributed by atoms with Gasteiger partial charge in [0, 0.05) is 49.0 Å². The lowest BCUT2D eigenvalue weighted by molar-refractivity contribution is 0.0527. The molecule has 9 heteroatoms. The van der Waals surface area contributed by atoms with Crippen molar-refractivity contribution < 1.29 is 13.7 Å². The number of alkyl carbamates (subject to hydrolysis) is 1. The summed E-state index contributed by atoms with van der Waals surface area (Å²) in [4.78, 5) is 15.7. The maximum absolute atomic E-state index is 12.1. The summed E-state index contributed by atoms with van der Waals surface area (Å²) >= 11 is 0. The van der Waals surface area contributed by atoms with Gasteiger partial charge in [-0.3, -0.25) is 9.20 Å². The summed E-state index contributed by atoms with van der Waals surface area (Å²) in [5.41, 5.74) is 0.588. The number of hydrogen-bond acceptors (Lipinski definition) is 4. The number of carbonyl (C=O) groups is 1. The predicted octanol–water partition coefficient (Wildman–Crippen LogP) is 2.63. The van der Waals surface area contributed by atoms with Gasteiger partial charge in [-0.1, -0.05) is 30.3 Å². The summed E-state index contributed by atoms with van der Waals surface area (Å²) < 4.78 is 17.3. The van der Waals surface area contributed by atoms with Gasteiger partial charge in [0.2, 0.25) is 0 Å². The highest BCUT2D eigenvalue weighted by molar-refractivity contribution is 14.0. The molecule has 0 fully saturated rings. The average molecular weight is 524 g/mol. The van der Waals surface area contributed by atoms with Crippen LogP contribution in [0.2, 0.25) is 0 Å². The van der Waals surface area contributed by atoms with Crippen LogP contribution in [-0.2, 0) is 21.3 Å². The van der Waals surface area contributed by atoms with Crippen LogP contribution in [0.5, 0.6) is 0 Å². The number of ether oxygens (including phenoxy) is 1. The topological polar surface area (TPSA) is 91.8 Å². The van der Waals surface area contributed by atoms with Crippen LogP contribution >= 0.6 is 24.0 Å². The molecular weight excluding hydrogens is 491 g/mol. The van der Waals surface area contributed by atoms with E-state index in [4.69, 9.17) is 4.74 Å². The molecule has 1 rings (SSSR count). The van der Waals surface area contributed by atoms with Gasteiger partial charge >= 0.3 is 6.09 Å². The summed E-state index contributed by atoms with van der Waals surface area (Å²) in [5.74, 6) is 1.77. The molecule has 0 saturated carbocycles. The molecule has 0 radical (unpaired) electrons. The van der Waals surface area contributed by atoms with E-state index in [1.165, 1.54) is 0 Å². The Hall–Kier alpha value is -1.36. The lowest BCUT2D eigenvalue weighted by Crippen LogP contribution is -2.40. The molecule has 160 valence electrons. The Morgan fingerprint density at radius 2 is 1.68 bits per heavy atom. The second-order valence-electron chi connectivity index (χ2n) is 6.98. The summed E-state index contributed by atoms with van der Waals surface area (Å²) in [5, 5.41) is 9.02. The zero-order chi connectivity index (χ0) is 20.1. The van der Waals surface area contributed by atoms with Gasteiger partial charge in [-0.2, -0.15) is 0 Å². The number of benzene rings is 1. The third-order valence-corrected chi connectivity index (χ3v) is 4.65. The van der Waals surface area contributed by atoms with Crippen molar-refractivity contribution in [3.05, 3.63) is 35.9 Å². The molecule has 0 aromatic heterocycles. The first-order valence-electron chi connectivity index (χ1n) is 9.10.